The summed E-state index contributed by atoms with van der Waals surface area (Å²) in [6.45, 7) is 4.17. The highest BCUT2D eigenvalue weighted by Crippen LogP contribution is 2.29. The number of aromatic amines is 1. The maximum absolute atomic E-state index is 13.6. The number of hydrogen-bond donors (Lipinski definition) is 4. The van der Waals surface area contributed by atoms with Crippen molar-refractivity contribution in [1.29, 1.82) is 0 Å². The minimum absolute atomic E-state index is 0.0285. The zero-order valence-corrected chi connectivity index (χ0v) is 24.9. The Kier molecular flexibility index (Phi) is 8.92. The van der Waals surface area contributed by atoms with Gasteiger partial charge in [-0.25, -0.2) is 4.79 Å². The monoisotopic (exact) mass is 581 g/mol. The summed E-state index contributed by atoms with van der Waals surface area (Å²) in [5.41, 5.74) is 12.1. The van der Waals surface area contributed by atoms with Crippen LogP contribution in [0.3, 0.4) is 0 Å². The summed E-state index contributed by atoms with van der Waals surface area (Å²) in [6.07, 6.45) is 3.65. The second kappa shape index (κ2) is 12.8. The first kappa shape index (κ1) is 30.0. The number of amides is 2. The molecule has 224 valence electrons. The molecule has 1 saturated carbocycles. The molecule has 1 aliphatic rings. The number of Topliss-reactive ketones (excluding diaryl/α,β-unsaturated/α-hetero) is 1. The Labute approximate surface area is 250 Å². The third kappa shape index (κ3) is 6.78. The number of rotatable bonds is 9. The van der Waals surface area contributed by atoms with Gasteiger partial charge < -0.3 is 21.4 Å². The van der Waals surface area contributed by atoms with Crippen LogP contribution in [0.4, 0.5) is 5.69 Å². The highest BCUT2D eigenvalue weighted by Gasteiger charge is 2.29. The third-order valence-electron chi connectivity index (χ3n) is 8.69. The van der Waals surface area contributed by atoms with Crippen LogP contribution in [0.25, 0.3) is 22.2 Å². The van der Waals surface area contributed by atoms with E-state index in [1.54, 1.807) is 32.2 Å². The highest BCUT2D eigenvalue weighted by atomic mass is 16.2. The molecule has 5 N–H and O–H groups in total. The Bertz CT molecular complexity index is 1710. The minimum Gasteiger partial charge on any atom is -0.344 e. The Hall–Kier alpha value is -4.50. The van der Waals surface area contributed by atoms with Gasteiger partial charge in [0.15, 0.2) is 5.78 Å². The molecule has 0 bridgehead atoms. The lowest BCUT2D eigenvalue weighted by atomic mass is 9.81. The van der Waals surface area contributed by atoms with Crippen LogP contribution >= 0.6 is 0 Å². The first-order chi connectivity index (χ1) is 20.6. The van der Waals surface area contributed by atoms with E-state index in [1.807, 2.05) is 49.4 Å². The number of ketones is 1. The summed E-state index contributed by atoms with van der Waals surface area (Å²) in [4.78, 5) is 53.5. The van der Waals surface area contributed by atoms with Gasteiger partial charge in [0.2, 0.25) is 11.8 Å². The first-order valence-electron chi connectivity index (χ1n) is 14.8. The summed E-state index contributed by atoms with van der Waals surface area (Å²) in [7, 11) is 1.68. The molecule has 0 unspecified atom stereocenters. The molecule has 2 amide bonds. The number of nitrogens with one attached hydrogen (secondary N) is 3. The zero-order valence-electron chi connectivity index (χ0n) is 24.9. The van der Waals surface area contributed by atoms with Crippen LogP contribution < -0.4 is 22.1 Å². The summed E-state index contributed by atoms with van der Waals surface area (Å²) in [6, 6.07) is 18.0. The summed E-state index contributed by atoms with van der Waals surface area (Å²) < 4.78 is 1.51. The topological polar surface area (TPSA) is 139 Å². The van der Waals surface area contributed by atoms with Crippen molar-refractivity contribution >= 4 is 34.3 Å². The summed E-state index contributed by atoms with van der Waals surface area (Å²) in [5, 5.41) is 5.97. The van der Waals surface area contributed by atoms with E-state index in [0.717, 1.165) is 53.5 Å². The smallest absolute Gasteiger partial charge is 0.326 e. The maximum Gasteiger partial charge on any atom is 0.326 e. The second-order valence-corrected chi connectivity index (χ2v) is 11.7. The number of fused-ring (bicyclic) bond motifs is 1. The summed E-state index contributed by atoms with van der Waals surface area (Å²) in [5.74, 6) is -0.117. The fourth-order valence-electron chi connectivity index (χ4n) is 5.97. The number of carbonyl (C=O) groups is 3. The Morgan fingerprint density at radius 2 is 1.72 bits per heavy atom. The van der Waals surface area contributed by atoms with Crippen molar-refractivity contribution in [3.8, 4) is 11.1 Å². The van der Waals surface area contributed by atoms with Crippen molar-refractivity contribution in [3.05, 3.63) is 87.8 Å². The van der Waals surface area contributed by atoms with E-state index in [2.05, 4.69) is 15.6 Å². The van der Waals surface area contributed by atoms with Crippen LogP contribution in [0.1, 0.15) is 54.1 Å². The predicted molar refractivity (Wildman–Crippen MR) is 169 cm³/mol. The number of aromatic nitrogens is 2. The average molecular weight is 582 g/mol. The number of hydrogen-bond acceptors (Lipinski definition) is 5. The molecule has 0 aliphatic heterocycles. The molecule has 4 aromatic rings. The van der Waals surface area contributed by atoms with Crippen LogP contribution in [-0.4, -0.2) is 39.7 Å². The van der Waals surface area contributed by atoms with E-state index in [9.17, 15) is 19.2 Å². The van der Waals surface area contributed by atoms with E-state index >= 15 is 0 Å². The number of H-pyrrole nitrogens is 1. The lowest BCUT2D eigenvalue weighted by Gasteiger charge is -2.28. The molecule has 1 aliphatic carbocycles. The Balaban J connectivity index is 1.35. The average Bonchev–Trinajstić information content (AvgIpc) is 3.29. The molecule has 1 aromatic heterocycles. The van der Waals surface area contributed by atoms with E-state index in [4.69, 9.17) is 5.73 Å². The largest absolute Gasteiger partial charge is 0.344 e. The number of nitrogens with two attached hydrogens (primary N) is 1. The molecule has 1 heterocycles. The van der Waals surface area contributed by atoms with Crippen molar-refractivity contribution in [2.45, 2.75) is 52.0 Å². The first-order valence-corrected chi connectivity index (χ1v) is 14.8. The van der Waals surface area contributed by atoms with Gasteiger partial charge in [-0.15, -0.1) is 0 Å². The Morgan fingerprint density at radius 1 is 1.00 bits per heavy atom. The van der Waals surface area contributed by atoms with E-state index in [0.29, 0.717) is 35.7 Å². The van der Waals surface area contributed by atoms with Gasteiger partial charge in [-0.1, -0.05) is 36.4 Å². The van der Waals surface area contributed by atoms with Gasteiger partial charge in [0.25, 0.3) is 0 Å². The lowest BCUT2D eigenvalue weighted by Crippen LogP contribution is -2.48. The third-order valence-corrected chi connectivity index (χ3v) is 8.69. The molecule has 43 heavy (non-hydrogen) atoms. The summed E-state index contributed by atoms with van der Waals surface area (Å²) >= 11 is 0. The van der Waals surface area contributed by atoms with Gasteiger partial charge in [-0.2, -0.15) is 0 Å². The molecule has 1 atom stereocenters. The predicted octanol–water partition coefficient (Wildman–Crippen LogP) is 4.48. The van der Waals surface area contributed by atoms with Crippen LogP contribution in [0.15, 0.2) is 65.5 Å². The van der Waals surface area contributed by atoms with Gasteiger partial charge in [0.05, 0.1) is 11.0 Å². The zero-order chi connectivity index (χ0) is 30.7. The number of anilines is 1. The molecule has 0 radical (unpaired) electrons. The van der Waals surface area contributed by atoms with Crippen molar-refractivity contribution in [3.63, 3.8) is 0 Å². The number of imidazole rings is 1. The van der Waals surface area contributed by atoms with E-state index < -0.39 is 6.04 Å². The van der Waals surface area contributed by atoms with Crippen molar-refractivity contribution in [1.82, 2.24) is 14.9 Å². The van der Waals surface area contributed by atoms with Crippen LogP contribution in [-0.2, 0) is 23.1 Å². The molecule has 1 fully saturated rings. The second-order valence-electron chi connectivity index (χ2n) is 11.7. The SMILES string of the molecule is CC(=O)c1ccc(-c2ccc(C[C@H](NC(=O)C3CCC(CN)CC3)C(=O)Nc3ccc4c(c3)[nH]c(=O)n4C)cc2)c(C)c1. The standard InChI is InChI=1S/C34H39N5O4/c1-20-16-26(21(2)40)12-14-28(20)24-8-4-22(5-9-24)17-30(37-32(41)25-10-6-23(19-35)7-11-25)33(42)36-27-13-15-31-29(18-27)38-34(43)39(31)3/h4-5,8-9,12-16,18,23,25,30H,6-7,10-11,17,19,35H2,1-3H3,(H,36,42)(H,37,41)(H,38,43)/t23?,25?,30-/m0/s1. The quantitative estimate of drug-likeness (QED) is 0.216. The lowest BCUT2D eigenvalue weighted by molar-refractivity contribution is -0.130. The van der Waals surface area contributed by atoms with E-state index in [-0.39, 0.29) is 29.2 Å². The fourth-order valence-corrected chi connectivity index (χ4v) is 5.97. The van der Waals surface area contributed by atoms with Crippen molar-refractivity contribution < 1.29 is 14.4 Å². The minimum atomic E-state index is -0.798. The van der Waals surface area contributed by atoms with Gasteiger partial charge in [0.1, 0.15) is 6.04 Å². The normalized spacial score (nSPS) is 17.4. The van der Waals surface area contributed by atoms with E-state index in [1.165, 1.54) is 4.57 Å². The van der Waals surface area contributed by atoms with Crippen LogP contribution in [0.5, 0.6) is 0 Å². The molecule has 0 spiro atoms. The molecular formula is C34H39N5O4. The Morgan fingerprint density at radius 3 is 2.37 bits per heavy atom. The van der Waals surface area contributed by atoms with Gasteiger partial charge in [-0.05, 0) is 98.5 Å². The molecule has 3 aromatic carbocycles. The number of nitrogens with zero attached hydrogens (tertiary/aromatic N) is 1. The number of carbonyl (C=O) groups excluding carboxylic acids is 3. The van der Waals surface area contributed by atoms with Crippen molar-refractivity contribution in [2.75, 3.05) is 11.9 Å². The van der Waals surface area contributed by atoms with Crippen molar-refractivity contribution in [2.24, 2.45) is 24.6 Å². The molecule has 9 nitrogen and oxygen atoms in total. The van der Waals surface area contributed by atoms with Crippen LogP contribution in [0, 0.1) is 18.8 Å². The fraction of sp³-hybridized carbons (Fsp3) is 0.353. The molecule has 0 saturated heterocycles. The maximum atomic E-state index is 13.6. The van der Waals surface area contributed by atoms with Gasteiger partial charge in [0, 0.05) is 30.6 Å². The van der Waals surface area contributed by atoms with Crippen LogP contribution in [0.2, 0.25) is 0 Å². The van der Waals surface area contributed by atoms with Gasteiger partial charge in [-0.3, -0.25) is 19.0 Å². The molecular weight excluding hydrogens is 542 g/mol. The molecule has 9 heteroatoms. The highest BCUT2D eigenvalue weighted by molar-refractivity contribution is 5.99. The molecule has 5 rings (SSSR count). The van der Waals surface area contributed by atoms with Gasteiger partial charge >= 0.3 is 5.69 Å². The number of benzene rings is 3. The number of aryl methyl sites for hydroxylation is 2.